The summed E-state index contributed by atoms with van der Waals surface area (Å²) in [5, 5.41) is 3.00. The number of nitrogens with zero attached hydrogens (tertiary/aromatic N) is 1. The third kappa shape index (κ3) is 3.87. The van der Waals surface area contributed by atoms with Crippen molar-refractivity contribution >= 4 is 12.4 Å². The van der Waals surface area contributed by atoms with Crippen LogP contribution in [0.4, 0.5) is 4.79 Å². The minimum atomic E-state index is -0.309. The lowest BCUT2D eigenvalue weighted by Gasteiger charge is -2.30. The predicted molar refractivity (Wildman–Crippen MR) is 55.7 cm³/mol. The molecule has 0 bridgehead atoms. The summed E-state index contributed by atoms with van der Waals surface area (Å²) in [7, 11) is 0. The molecular formula is C10H18N2O3. The normalized spacial score (nSPS) is 21.1. The summed E-state index contributed by atoms with van der Waals surface area (Å²) in [4.78, 5) is 23.6. The maximum absolute atomic E-state index is 11.5. The van der Waals surface area contributed by atoms with Crippen LogP contribution in [0.25, 0.3) is 0 Å². The van der Waals surface area contributed by atoms with Gasteiger partial charge in [-0.2, -0.15) is 0 Å². The molecule has 1 heterocycles. The highest BCUT2D eigenvalue weighted by Gasteiger charge is 2.23. The second kappa shape index (κ2) is 6.40. The third-order valence-electron chi connectivity index (χ3n) is 2.35. The van der Waals surface area contributed by atoms with Gasteiger partial charge >= 0.3 is 6.09 Å². The number of amides is 1. The van der Waals surface area contributed by atoms with E-state index in [-0.39, 0.29) is 12.1 Å². The van der Waals surface area contributed by atoms with Gasteiger partial charge in [0.15, 0.2) is 0 Å². The number of hydrogen-bond donors (Lipinski definition) is 1. The third-order valence-corrected chi connectivity index (χ3v) is 2.35. The van der Waals surface area contributed by atoms with Gasteiger partial charge in [-0.25, -0.2) is 4.79 Å². The van der Waals surface area contributed by atoms with Crippen LogP contribution >= 0.6 is 0 Å². The van der Waals surface area contributed by atoms with Crippen LogP contribution in [0.5, 0.6) is 0 Å². The van der Waals surface area contributed by atoms with Crippen molar-refractivity contribution < 1.29 is 14.3 Å². The zero-order valence-corrected chi connectivity index (χ0v) is 9.07. The van der Waals surface area contributed by atoms with Gasteiger partial charge in [-0.1, -0.05) is 13.3 Å². The van der Waals surface area contributed by atoms with Gasteiger partial charge in [-0.05, 0) is 6.42 Å². The molecule has 5 heteroatoms. The number of piperazine rings is 1. The van der Waals surface area contributed by atoms with E-state index in [0.717, 1.165) is 19.1 Å². The molecule has 0 aliphatic carbocycles. The molecule has 1 amide bonds. The lowest BCUT2D eigenvalue weighted by atomic mass is 10.2. The van der Waals surface area contributed by atoms with Gasteiger partial charge in [0.25, 0.3) is 0 Å². The highest BCUT2D eigenvalue weighted by Crippen LogP contribution is 2.01. The Morgan fingerprint density at radius 3 is 3.13 bits per heavy atom. The number of carbonyl (C=O) groups excluding carboxylic acids is 2. The highest BCUT2D eigenvalue weighted by molar-refractivity contribution is 5.69. The van der Waals surface area contributed by atoms with Gasteiger partial charge in [0.2, 0.25) is 0 Å². The Kier molecular flexibility index (Phi) is 5.10. The molecule has 1 saturated heterocycles. The van der Waals surface area contributed by atoms with E-state index in [1.807, 2.05) is 6.92 Å². The average Bonchev–Trinajstić information content (AvgIpc) is 2.29. The summed E-state index contributed by atoms with van der Waals surface area (Å²) >= 11 is 0. The molecule has 1 aliphatic heterocycles. The Morgan fingerprint density at radius 2 is 2.47 bits per heavy atom. The van der Waals surface area contributed by atoms with Gasteiger partial charge < -0.3 is 19.7 Å². The highest BCUT2D eigenvalue weighted by atomic mass is 16.6. The second-order valence-corrected chi connectivity index (χ2v) is 3.61. The van der Waals surface area contributed by atoms with Crippen LogP contribution in [0, 0.1) is 0 Å². The molecule has 5 nitrogen and oxygen atoms in total. The molecule has 0 aromatic carbocycles. The smallest absolute Gasteiger partial charge is 0.409 e. The molecule has 86 valence electrons. The monoisotopic (exact) mass is 214 g/mol. The molecule has 0 spiro atoms. The summed E-state index contributed by atoms with van der Waals surface area (Å²) in [6.07, 6.45) is 2.41. The molecule has 0 radical (unpaired) electrons. The zero-order valence-electron chi connectivity index (χ0n) is 9.07. The largest absolute Gasteiger partial charge is 0.449 e. The van der Waals surface area contributed by atoms with Crippen LogP contribution in [0.1, 0.15) is 19.8 Å². The Morgan fingerprint density at radius 1 is 1.67 bits per heavy atom. The molecule has 0 saturated carbocycles. The Bertz CT molecular complexity index is 221. The maximum Gasteiger partial charge on any atom is 0.409 e. The van der Waals surface area contributed by atoms with E-state index < -0.39 is 0 Å². The Balaban J connectivity index is 2.28. The fourth-order valence-electron chi connectivity index (χ4n) is 1.43. The van der Waals surface area contributed by atoms with Crippen molar-refractivity contribution in [1.82, 2.24) is 10.2 Å². The first-order valence-corrected chi connectivity index (χ1v) is 5.38. The molecule has 1 rings (SSSR count). The van der Waals surface area contributed by atoms with Crippen molar-refractivity contribution in [2.24, 2.45) is 0 Å². The summed E-state index contributed by atoms with van der Waals surface area (Å²) in [5.41, 5.74) is 0. The Hall–Kier alpha value is -1.10. The van der Waals surface area contributed by atoms with Crippen LogP contribution in [-0.4, -0.2) is 49.6 Å². The van der Waals surface area contributed by atoms with E-state index in [1.54, 1.807) is 4.90 Å². The van der Waals surface area contributed by atoms with Crippen LogP contribution in [0.15, 0.2) is 0 Å². The van der Waals surface area contributed by atoms with Gasteiger partial charge in [-0.3, -0.25) is 0 Å². The van der Waals surface area contributed by atoms with Crippen molar-refractivity contribution in [1.29, 1.82) is 0 Å². The maximum atomic E-state index is 11.5. The molecule has 0 aromatic rings. The fourth-order valence-corrected chi connectivity index (χ4v) is 1.43. The molecule has 1 aliphatic rings. The van der Waals surface area contributed by atoms with Crippen molar-refractivity contribution in [3.63, 3.8) is 0 Å². The first kappa shape index (κ1) is 12.0. The number of ether oxygens (including phenoxy) is 1. The Labute approximate surface area is 89.8 Å². The lowest BCUT2D eigenvalue weighted by molar-refractivity contribution is -0.110. The molecular weight excluding hydrogens is 196 g/mol. The summed E-state index contributed by atoms with van der Waals surface area (Å²) in [6, 6.07) is -0.252. The number of carbonyl (C=O) groups is 2. The van der Waals surface area contributed by atoms with Crippen molar-refractivity contribution in [3.8, 4) is 0 Å². The van der Waals surface area contributed by atoms with E-state index in [4.69, 9.17) is 4.74 Å². The first-order chi connectivity index (χ1) is 7.27. The predicted octanol–water partition coefficient (Wildman–Crippen LogP) is 0.396. The van der Waals surface area contributed by atoms with Crippen molar-refractivity contribution in [2.75, 3.05) is 26.2 Å². The van der Waals surface area contributed by atoms with Crippen molar-refractivity contribution in [3.05, 3.63) is 0 Å². The number of aldehydes is 1. The standard InChI is InChI=1S/C10H18N2O3/c1-2-3-6-15-10(14)12-5-4-11-9(7-12)8-13/h8-9,11H,2-7H2,1H3. The fraction of sp³-hybridized carbons (Fsp3) is 0.800. The number of rotatable bonds is 4. The van der Waals surface area contributed by atoms with E-state index in [1.165, 1.54) is 0 Å². The molecule has 1 atom stereocenters. The van der Waals surface area contributed by atoms with Crippen molar-refractivity contribution in [2.45, 2.75) is 25.8 Å². The molecule has 15 heavy (non-hydrogen) atoms. The van der Waals surface area contributed by atoms with Crippen LogP contribution in [0.2, 0.25) is 0 Å². The minimum absolute atomic E-state index is 0.252. The van der Waals surface area contributed by atoms with Gasteiger partial charge in [0.05, 0.1) is 12.6 Å². The van der Waals surface area contributed by atoms with Crippen LogP contribution in [0.3, 0.4) is 0 Å². The molecule has 1 N–H and O–H groups in total. The second-order valence-electron chi connectivity index (χ2n) is 3.61. The van der Waals surface area contributed by atoms with Gasteiger partial charge in [0, 0.05) is 19.6 Å². The van der Waals surface area contributed by atoms with Crippen LogP contribution < -0.4 is 5.32 Å². The minimum Gasteiger partial charge on any atom is -0.449 e. The first-order valence-electron chi connectivity index (χ1n) is 5.38. The topological polar surface area (TPSA) is 58.6 Å². The molecule has 0 aromatic heterocycles. The number of unbranched alkanes of at least 4 members (excludes halogenated alkanes) is 1. The number of nitrogens with one attached hydrogen (secondary N) is 1. The summed E-state index contributed by atoms with van der Waals surface area (Å²) < 4.78 is 5.06. The van der Waals surface area contributed by atoms with Crippen LogP contribution in [-0.2, 0) is 9.53 Å². The van der Waals surface area contributed by atoms with Gasteiger partial charge in [0.1, 0.15) is 6.29 Å². The van der Waals surface area contributed by atoms with Gasteiger partial charge in [-0.15, -0.1) is 0 Å². The quantitative estimate of drug-likeness (QED) is 0.543. The van der Waals surface area contributed by atoms with E-state index >= 15 is 0 Å². The molecule has 1 fully saturated rings. The molecule has 1 unspecified atom stereocenters. The van der Waals surface area contributed by atoms with E-state index in [2.05, 4.69) is 5.32 Å². The summed E-state index contributed by atoms with van der Waals surface area (Å²) in [6.45, 7) is 4.17. The number of hydrogen-bond acceptors (Lipinski definition) is 4. The SMILES string of the molecule is CCCCOC(=O)N1CCNC(C=O)C1. The average molecular weight is 214 g/mol. The summed E-state index contributed by atoms with van der Waals surface area (Å²) in [5.74, 6) is 0. The zero-order chi connectivity index (χ0) is 11.1. The van der Waals surface area contributed by atoms with E-state index in [0.29, 0.717) is 26.2 Å². The lowest BCUT2D eigenvalue weighted by Crippen LogP contribution is -2.53. The van der Waals surface area contributed by atoms with E-state index in [9.17, 15) is 9.59 Å².